The molecule has 2 aromatic heterocycles. The lowest BCUT2D eigenvalue weighted by Crippen LogP contribution is -2.14. The molecule has 1 aliphatic carbocycles. The minimum Gasteiger partial charge on any atom is -0.313 e. The fraction of sp³-hybridized carbons (Fsp3) is 0.0435. The second-order valence-corrected chi connectivity index (χ2v) is 13.3. The molecular weight excluding hydrogens is 595 g/mol. The van der Waals surface area contributed by atoms with E-state index in [0.29, 0.717) is 5.92 Å². The molecule has 11 rings (SSSR count). The summed E-state index contributed by atoms with van der Waals surface area (Å²) in [6.07, 6.45) is 7.85. The molecule has 0 saturated carbocycles. The van der Waals surface area contributed by atoms with Gasteiger partial charge in [0.1, 0.15) is 0 Å². The van der Waals surface area contributed by atoms with Crippen LogP contribution in [0.25, 0.3) is 65.8 Å². The van der Waals surface area contributed by atoms with Gasteiger partial charge in [-0.15, -0.1) is 0 Å². The molecule has 1 aliphatic heterocycles. The van der Waals surface area contributed by atoms with Gasteiger partial charge in [-0.05, 0) is 95.6 Å². The predicted octanol–water partition coefficient (Wildman–Crippen LogP) is 12.1. The van der Waals surface area contributed by atoms with Crippen LogP contribution in [0.1, 0.15) is 17.9 Å². The first kappa shape index (κ1) is 26.7. The number of hydrogen-bond donors (Lipinski definition) is 0. The van der Waals surface area contributed by atoms with Crippen molar-refractivity contribution in [3.05, 3.63) is 181 Å². The number of hydrogen-bond acceptors (Lipinski definition) is 1. The van der Waals surface area contributed by atoms with E-state index in [1.54, 1.807) is 0 Å². The lowest BCUT2D eigenvalue weighted by molar-refractivity contribution is 0.820. The van der Waals surface area contributed by atoms with Crippen LogP contribution >= 0.6 is 0 Å². The van der Waals surface area contributed by atoms with Gasteiger partial charge in [0.15, 0.2) is 0 Å². The second kappa shape index (κ2) is 10.1. The molecule has 0 amide bonds. The first-order chi connectivity index (χ1) is 24.3. The number of aromatic nitrogens is 2. The fourth-order valence-corrected chi connectivity index (χ4v) is 8.62. The van der Waals surface area contributed by atoms with Crippen molar-refractivity contribution < 1.29 is 0 Å². The lowest BCUT2D eigenvalue weighted by atomic mass is 9.92. The Morgan fingerprint density at radius 2 is 1.02 bits per heavy atom. The Labute approximate surface area is 283 Å². The van der Waals surface area contributed by atoms with Gasteiger partial charge in [0.2, 0.25) is 0 Å². The van der Waals surface area contributed by atoms with Crippen LogP contribution in [0.4, 0.5) is 11.4 Å². The summed E-state index contributed by atoms with van der Waals surface area (Å²) in [6, 6.07) is 56.0. The van der Waals surface area contributed by atoms with E-state index in [2.05, 4.69) is 184 Å². The molecule has 9 aromatic rings. The average molecular weight is 626 g/mol. The third-order valence-electron chi connectivity index (χ3n) is 10.8. The summed E-state index contributed by atoms with van der Waals surface area (Å²) >= 11 is 0. The van der Waals surface area contributed by atoms with Crippen LogP contribution in [-0.2, 0) is 0 Å². The Morgan fingerprint density at radius 3 is 1.80 bits per heavy atom. The molecule has 49 heavy (non-hydrogen) atoms. The maximum atomic E-state index is 2.49. The molecule has 1 atom stereocenters. The van der Waals surface area contributed by atoms with Crippen molar-refractivity contribution in [1.29, 1.82) is 0 Å². The van der Waals surface area contributed by atoms with Crippen molar-refractivity contribution in [2.45, 2.75) is 12.3 Å². The predicted molar refractivity (Wildman–Crippen MR) is 206 cm³/mol. The van der Waals surface area contributed by atoms with Gasteiger partial charge in [-0.25, -0.2) is 0 Å². The Kier molecular flexibility index (Phi) is 5.50. The zero-order valence-electron chi connectivity index (χ0n) is 26.8. The van der Waals surface area contributed by atoms with Crippen molar-refractivity contribution in [3.63, 3.8) is 0 Å². The molecule has 2 aliphatic rings. The molecule has 0 spiro atoms. The standard InChI is InChI=1S/C46H31N3/c1-2-12-31-27-32(22-21-30(31)11-1)47-45-25-23-33(48-41-17-7-3-13-35(41)36-14-4-8-18-42(36)48)28-39(45)40-29-34(24-26-46(40)47)49-43-19-9-5-15-37(43)38-16-6-10-20-44(38)49/h1-15,17-29,38H,16H2. The van der Waals surface area contributed by atoms with E-state index >= 15 is 0 Å². The molecule has 3 nitrogen and oxygen atoms in total. The van der Waals surface area contributed by atoms with Crippen molar-refractivity contribution in [2.24, 2.45) is 0 Å². The Balaban J connectivity index is 1.20. The van der Waals surface area contributed by atoms with E-state index < -0.39 is 0 Å². The number of rotatable bonds is 3. The molecule has 0 bridgehead atoms. The highest BCUT2D eigenvalue weighted by molar-refractivity contribution is 6.13. The molecule has 0 fully saturated rings. The summed E-state index contributed by atoms with van der Waals surface area (Å²) in [5.41, 5.74) is 12.4. The van der Waals surface area contributed by atoms with E-state index in [9.17, 15) is 0 Å². The highest BCUT2D eigenvalue weighted by Gasteiger charge is 2.34. The van der Waals surface area contributed by atoms with Gasteiger partial charge in [-0.2, -0.15) is 0 Å². The highest BCUT2D eigenvalue weighted by Crippen LogP contribution is 2.51. The van der Waals surface area contributed by atoms with Gasteiger partial charge >= 0.3 is 0 Å². The molecule has 230 valence electrons. The van der Waals surface area contributed by atoms with Gasteiger partial charge in [0.25, 0.3) is 0 Å². The molecule has 0 N–H and O–H groups in total. The number of fused-ring (bicyclic) bond motifs is 10. The summed E-state index contributed by atoms with van der Waals surface area (Å²) < 4.78 is 4.87. The fourth-order valence-electron chi connectivity index (χ4n) is 8.62. The Hall–Kier alpha value is -6.32. The van der Waals surface area contributed by atoms with Crippen LogP contribution in [0.2, 0.25) is 0 Å². The summed E-state index contributed by atoms with van der Waals surface area (Å²) in [5, 5.41) is 7.53. The minimum atomic E-state index is 0.387. The summed E-state index contributed by atoms with van der Waals surface area (Å²) in [5.74, 6) is 0.387. The largest absolute Gasteiger partial charge is 0.313 e. The monoisotopic (exact) mass is 625 g/mol. The number of allylic oxidation sites excluding steroid dienone is 4. The van der Waals surface area contributed by atoms with Gasteiger partial charge < -0.3 is 14.0 Å². The van der Waals surface area contributed by atoms with Crippen molar-refractivity contribution in [1.82, 2.24) is 9.13 Å². The molecule has 0 saturated heterocycles. The van der Waals surface area contributed by atoms with E-state index in [1.165, 1.54) is 88.4 Å². The van der Waals surface area contributed by atoms with Crippen molar-refractivity contribution in [3.8, 4) is 11.4 Å². The lowest BCUT2D eigenvalue weighted by Gasteiger charge is -2.24. The van der Waals surface area contributed by atoms with Crippen molar-refractivity contribution >= 4 is 65.8 Å². The quantitative estimate of drug-likeness (QED) is 0.190. The molecule has 0 radical (unpaired) electrons. The molecular formula is C46H31N3. The smallest absolute Gasteiger partial charge is 0.0542 e. The number of benzene rings is 7. The third-order valence-corrected chi connectivity index (χ3v) is 10.8. The van der Waals surface area contributed by atoms with Crippen LogP contribution in [0.5, 0.6) is 0 Å². The topological polar surface area (TPSA) is 13.1 Å². The van der Waals surface area contributed by atoms with Crippen LogP contribution in [0.15, 0.2) is 176 Å². The zero-order valence-corrected chi connectivity index (χ0v) is 26.8. The normalized spacial score (nSPS) is 15.5. The number of para-hydroxylation sites is 3. The highest BCUT2D eigenvalue weighted by atomic mass is 15.2. The summed E-state index contributed by atoms with van der Waals surface area (Å²) in [6.45, 7) is 0. The minimum absolute atomic E-state index is 0.387. The van der Waals surface area contributed by atoms with Crippen LogP contribution < -0.4 is 4.90 Å². The van der Waals surface area contributed by atoms with Crippen LogP contribution in [0, 0.1) is 0 Å². The maximum absolute atomic E-state index is 2.49. The van der Waals surface area contributed by atoms with Crippen molar-refractivity contribution in [2.75, 3.05) is 4.90 Å². The Morgan fingerprint density at radius 1 is 0.449 bits per heavy atom. The van der Waals surface area contributed by atoms with Gasteiger partial charge in [-0.3, -0.25) is 0 Å². The Bertz CT molecular complexity index is 2830. The molecule has 1 unspecified atom stereocenters. The van der Waals surface area contributed by atoms with Crippen LogP contribution in [-0.4, -0.2) is 9.13 Å². The number of nitrogens with zero attached hydrogens (tertiary/aromatic N) is 3. The third kappa shape index (κ3) is 3.78. The second-order valence-electron chi connectivity index (χ2n) is 13.3. The first-order valence-corrected chi connectivity index (χ1v) is 17.1. The maximum Gasteiger partial charge on any atom is 0.0542 e. The molecule has 3 heterocycles. The molecule has 3 heteroatoms. The first-order valence-electron chi connectivity index (χ1n) is 17.1. The zero-order chi connectivity index (χ0) is 32.1. The summed E-state index contributed by atoms with van der Waals surface area (Å²) in [7, 11) is 0. The van der Waals surface area contributed by atoms with Crippen LogP contribution in [0.3, 0.4) is 0 Å². The van der Waals surface area contributed by atoms with E-state index in [4.69, 9.17) is 0 Å². The van der Waals surface area contributed by atoms with E-state index in [1.807, 2.05) is 0 Å². The van der Waals surface area contributed by atoms with Gasteiger partial charge in [-0.1, -0.05) is 97.1 Å². The average Bonchev–Trinajstić information content (AvgIpc) is 3.80. The number of anilines is 2. The molecule has 7 aromatic carbocycles. The summed E-state index contributed by atoms with van der Waals surface area (Å²) in [4.78, 5) is 2.49. The van der Waals surface area contributed by atoms with E-state index in [-0.39, 0.29) is 0 Å². The van der Waals surface area contributed by atoms with Gasteiger partial charge in [0.05, 0.1) is 22.1 Å². The van der Waals surface area contributed by atoms with Gasteiger partial charge in [0, 0.05) is 55.9 Å². The SMILES string of the molecule is C1=CCC2C(=C1)N(c1ccc3c(c1)c1cc(-n4c5ccccc5c5ccccc54)ccc1n3-c1ccc3ccccc3c1)c1ccccc12. The van der Waals surface area contributed by atoms with E-state index in [0.717, 1.165) is 6.42 Å².